The summed E-state index contributed by atoms with van der Waals surface area (Å²) in [6.07, 6.45) is 18.4. The van der Waals surface area contributed by atoms with Gasteiger partial charge in [-0.1, -0.05) is 53.4 Å². The number of rotatable bonds is 3. The lowest BCUT2D eigenvalue weighted by Crippen LogP contribution is -2.53. The zero-order chi connectivity index (χ0) is 16.9. The van der Waals surface area contributed by atoms with Gasteiger partial charge in [-0.25, -0.2) is 0 Å². The largest absolute Gasteiger partial charge is 0.0654 e. The van der Waals surface area contributed by atoms with Gasteiger partial charge in [0.25, 0.3) is 0 Å². The van der Waals surface area contributed by atoms with E-state index in [1.54, 1.807) is 51.4 Å². The van der Waals surface area contributed by atoms with Crippen molar-refractivity contribution in [3.63, 3.8) is 0 Å². The SMILES string of the molecule is CCCC(C)[C@H]1CC[C@H]2[C@@H]3CC[C@H]4CCCC[C@]4(C)[C@H]3CC[C@]12C. The molecule has 4 rings (SSSR count). The Morgan fingerprint density at radius 1 is 0.833 bits per heavy atom. The Morgan fingerprint density at radius 2 is 1.62 bits per heavy atom. The van der Waals surface area contributed by atoms with Crippen LogP contribution in [0.25, 0.3) is 0 Å². The van der Waals surface area contributed by atoms with E-state index in [2.05, 4.69) is 27.7 Å². The highest BCUT2D eigenvalue weighted by molar-refractivity contribution is 5.09. The summed E-state index contributed by atoms with van der Waals surface area (Å²) in [4.78, 5) is 0. The van der Waals surface area contributed by atoms with Gasteiger partial charge in [0.15, 0.2) is 0 Å². The Balaban J connectivity index is 1.57. The van der Waals surface area contributed by atoms with E-state index in [-0.39, 0.29) is 0 Å². The van der Waals surface area contributed by atoms with Crippen LogP contribution in [-0.2, 0) is 0 Å². The predicted octanol–water partition coefficient (Wildman–Crippen LogP) is 7.47. The fourth-order valence-electron chi connectivity index (χ4n) is 8.93. The monoisotopic (exact) mass is 330 g/mol. The molecule has 8 atom stereocenters. The molecule has 24 heavy (non-hydrogen) atoms. The molecule has 4 aliphatic rings. The summed E-state index contributed by atoms with van der Waals surface area (Å²) >= 11 is 0. The summed E-state index contributed by atoms with van der Waals surface area (Å²) < 4.78 is 0. The normalized spacial score (nSPS) is 52.2. The Hall–Kier alpha value is 0. The molecule has 0 aromatic carbocycles. The minimum atomic E-state index is 0.688. The second-order valence-corrected chi connectivity index (χ2v) is 10.9. The first kappa shape index (κ1) is 17.4. The van der Waals surface area contributed by atoms with Crippen LogP contribution >= 0.6 is 0 Å². The number of fused-ring (bicyclic) bond motifs is 5. The Labute approximate surface area is 151 Å². The average Bonchev–Trinajstić information content (AvgIpc) is 2.92. The molecule has 0 aromatic rings. The van der Waals surface area contributed by atoms with Crippen molar-refractivity contribution in [3.8, 4) is 0 Å². The molecule has 1 unspecified atom stereocenters. The molecule has 0 aliphatic heterocycles. The molecule has 0 radical (unpaired) electrons. The summed E-state index contributed by atoms with van der Waals surface area (Å²) in [5, 5.41) is 0. The molecule has 0 nitrogen and oxygen atoms in total. The molecule has 4 aliphatic carbocycles. The van der Waals surface area contributed by atoms with E-state index in [1.165, 1.54) is 25.7 Å². The van der Waals surface area contributed by atoms with Crippen molar-refractivity contribution >= 4 is 0 Å². The van der Waals surface area contributed by atoms with Gasteiger partial charge in [-0.05, 0) is 97.7 Å². The van der Waals surface area contributed by atoms with Crippen molar-refractivity contribution in [2.75, 3.05) is 0 Å². The molecule has 0 spiro atoms. The lowest BCUT2D eigenvalue weighted by Gasteiger charge is -2.61. The molecule has 0 aromatic heterocycles. The standard InChI is InChI=1S/C24H42/c1-5-8-17(2)20-12-13-21-19-11-10-18-9-6-7-15-23(18,3)22(19)14-16-24(20,21)4/h17-22H,5-16H2,1-4H3/t17?,18-,19+,20-,21+,22+,23+,24-/m1/s1. The van der Waals surface area contributed by atoms with Crippen molar-refractivity contribution in [2.45, 2.75) is 105 Å². The van der Waals surface area contributed by atoms with Crippen LogP contribution in [-0.4, -0.2) is 0 Å². The van der Waals surface area contributed by atoms with E-state index in [0.29, 0.717) is 5.41 Å². The first-order valence-corrected chi connectivity index (χ1v) is 11.5. The van der Waals surface area contributed by atoms with Crippen molar-refractivity contribution in [1.29, 1.82) is 0 Å². The van der Waals surface area contributed by atoms with Gasteiger partial charge in [0.1, 0.15) is 0 Å². The van der Waals surface area contributed by atoms with E-state index in [4.69, 9.17) is 0 Å². The third-order valence-corrected chi connectivity index (χ3v) is 10.1. The smallest absolute Gasteiger partial charge is 0.0264 e. The third-order valence-electron chi connectivity index (χ3n) is 10.1. The van der Waals surface area contributed by atoms with Gasteiger partial charge < -0.3 is 0 Å². The van der Waals surface area contributed by atoms with Crippen LogP contribution in [0.1, 0.15) is 105 Å². The minimum Gasteiger partial charge on any atom is -0.0654 e. The number of hydrogen-bond donors (Lipinski definition) is 0. The van der Waals surface area contributed by atoms with Gasteiger partial charge in [0.05, 0.1) is 0 Å². The van der Waals surface area contributed by atoms with Gasteiger partial charge in [-0.2, -0.15) is 0 Å². The van der Waals surface area contributed by atoms with Crippen molar-refractivity contribution in [2.24, 2.45) is 46.3 Å². The fourth-order valence-corrected chi connectivity index (χ4v) is 8.93. The molecule has 138 valence electrons. The molecule has 4 fully saturated rings. The number of hydrogen-bond acceptors (Lipinski definition) is 0. The molecule has 0 bridgehead atoms. The molecular weight excluding hydrogens is 288 g/mol. The topological polar surface area (TPSA) is 0 Å². The lowest BCUT2D eigenvalue weighted by molar-refractivity contribution is -0.114. The Morgan fingerprint density at radius 3 is 2.42 bits per heavy atom. The van der Waals surface area contributed by atoms with E-state index >= 15 is 0 Å². The van der Waals surface area contributed by atoms with E-state index in [0.717, 1.165) is 40.9 Å². The quantitative estimate of drug-likeness (QED) is 0.503. The zero-order valence-electron chi connectivity index (χ0n) is 16.9. The first-order chi connectivity index (χ1) is 11.5. The Bertz CT molecular complexity index is 453. The third kappa shape index (κ3) is 2.44. The molecule has 0 heterocycles. The van der Waals surface area contributed by atoms with Crippen LogP contribution in [0.5, 0.6) is 0 Å². The predicted molar refractivity (Wildman–Crippen MR) is 104 cm³/mol. The molecule has 0 heteroatoms. The average molecular weight is 331 g/mol. The maximum Gasteiger partial charge on any atom is -0.0264 e. The summed E-state index contributed by atoms with van der Waals surface area (Å²) in [6, 6.07) is 0. The van der Waals surface area contributed by atoms with Crippen LogP contribution < -0.4 is 0 Å². The van der Waals surface area contributed by atoms with Crippen LogP contribution in [0.4, 0.5) is 0 Å². The maximum atomic E-state index is 2.73. The summed E-state index contributed by atoms with van der Waals surface area (Å²) in [5.74, 6) is 6.30. The zero-order valence-corrected chi connectivity index (χ0v) is 16.9. The van der Waals surface area contributed by atoms with Crippen LogP contribution in [0.3, 0.4) is 0 Å². The van der Waals surface area contributed by atoms with Crippen LogP contribution in [0, 0.1) is 46.3 Å². The fraction of sp³-hybridized carbons (Fsp3) is 1.00. The van der Waals surface area contributed by atoms with Gasteiger partial charge >= 0.3 is 0 Å². The Kier molecular flexibility index (Phi) is 4.58. The molecule has 0 saturated heterocycles. The molecule has 0 amide bonds. The summed E-state index contributed by atoms with van der Waals surface area (Å²) in [5.41, 5.74) is 1.41. The molecular formula is C24H42. The van der Waals surface area contributed by atoms with Crippen molar-refractivity contribution in [1.82, 2.24) is 0 Å². The highest BCUT2D eigenvalue weighted by Gasteiger charge is 2.59. The maximum absolute atomic E-state index is 2.73. The summed E-state index contributed by atoms with van der Waals surface area (Å²) in [6.45, 7) is 10.4. The van der Waals surface area contributed by atoms with Gasteiger partial charge in [-0.3, -0.25) is 0 Å². The minimum absolute atomic E-state index is 0.688. The van der Waals surface area contributed by atoms with Gasteiger partial charge in [0, 0.05) is 0 Å². The second-order valence-electron chi connectivity index (χ2n) is 10.9. The van der Waals surface area contributed by atoms with Crippen LogP contribution in [0.2, 0.25) is 0 Å². The van der Waals surface area contributed by atoms with E-state index < -0.39 is 0 Å². The van der Waals surface area contributed by atoms with Crippen LogP contribution in [0.15, 0.2) is 0 Å². The van der Waals surface area contributed by atoms with Crippen molar-refractivity contribution < 1.29 is 0 Å². The van der Waals surface area contributed by atoms with Gasteiger partial charge in [0.2, 0.25) is 0 Å². The first-order valence-electron chi connectivity index (χ1n) is 11.5. The lowest BCUT2D eigenvalue weighted by atomic mass is 9.44. The van der Waals surface area contributed by atoms with E-state index in [1.807, 2.05) is 0 Å². The van der Waals surface area contributed by atoms with Crippen molar-refractivity contribution in [3.05, 3.63) is 0 Å². The highest BCUT2D eigenvalue weighted by atomic mass is 14.6. The summed E-state index contributed by atoms with van der Waals surface area (Å²) in [7, 11) is 0. The second kappa shape index (κ2) is 6.31. The molecule has 0 N–H and O–H groups in total. The molecule has 4 saturated carbocycles. The van der Waals surface area contributed by atoms with Gasteiger partial charge in [-0.15, -0.1) is 0 Å². The van der Waals surface area contributed by atoms with E-state index in [9.17, 15) is 0 Å². The highest BCUT2D eigenvalue weighted by Crippen LogP contribution is 2.68.